The molecule has 0 saturated heterocycles. The monoisotopic (exact) mass is 388 g/mol. The highest BCUT2D eigenvalue weighted by atomic mass is 16.5. The molecule has 5 heteroatoms. The zero-order valence-electron chi connectivity index (χ0n) is 16.8. The number of anilines is 1. The van der Waals surface area contributed by atoms with Crippen molar-refractivity contribution >= 4 is 17.5 Å². The summed E-state index contributed by atoms with van der Waals surface area (Å²) in [5, 5.41) is 5.77. The Morgan fingerprint density at radius 3 is 1.90 bits per heavy atom. The highest BCUT2D eigenvalue weighted by Gasteiger charge is 2.10. The van der Waals surface area contributed by atoms with E-state index in [0.717, 1.165) is 28.1 Å². The first-order valence-electron chi connectivity index (χ1n) is 9.35. The second-order valence-electron chi connectivity index (χ2n) is 6.94. The summed E-state index contributed by atoms with van der Waals surface area (Å²) in [5.41, 5.74) is 4.91. The molecule has 3 aromatic carbocycles. The van der Waals surface area contributed by atoms with Gasteiger partial charge in [0, 0.05) is 23.4 Å². The van der Waals surface area contributed by atoms with Gasteiger partial charge in [-0.15, -0.1) is 0 Å². The van der Waals surface area contributed by atoms with Crippen molar-refractivity contribution in [2.24, 2.45) is 0 Å². The molecule has 0 atom stereocenters. The lowest BCUT2D eigenvalue weighted by Gasteiger charge is -2.09. The molecule has 0 bridgehead atoms. The molecule has 0 fully saturated rings. The van der Waals surface area contributed by atoms with Gasteiger partial charge in [-0.05, 0) is 79.1 Å². The molecule has 3 aromatic rings. The molecule has 0 aliphatic rings. The second kappa shape index (κ2) is 9.06. The quantitative estimate of drug-likeness (QED) is 0.654. The molecule has 2 amide bonds. The summed E-state index contributed by atoms with van der Waals surface area (Å²) in [6, 6.07) is 20.0. The Bertz CT molecular complexity index is 989. The van der Waals surface area contributed by atoms with Gasteiger partial charge in [0.1, 0.15) is 5.75 Å². The number of amides is 2. The molecule has 0 heterocycles. The van der Waals surface area contributed by atoms with Crippen LogP contribution in [0.15, 0.2) is 66.7 Å². The topological polar surface area (TPSA) is 67.4 Å². The predicted molar refractivity (Wildman–Crippen MR) is 114 cm³/mol. The highest BCUT2D eigenvalue weighted by Crippen LogP contribution is 2.16. The Balaban J connectivity index is 1.59. The fourth-order valence-electron chi connectivity index (χ4n) is 3.05. The van der Waals surface area contributed by atoms with E-state index in [2.05, 4.69) is 16.7 Å². The molecule has 0 spiro atoms. The van der Waals surface area contributed by atoms with Crippen molar-refractivity contribution in [2.45, 2.75) is 20.4 Å². The van der Waals surface area contributed by atoms with Gasteiger partial charge in [-0.25, -0.2) is 0 Å². The van der Waals surface area contributed by atoms with Crippen LogP contribution in [0.25, 0.3) is 0 Å². The maximum atomic E-state index is 12.5. The van der Waals surface area contributed by atoms with Gasteiger partial charge in [0.25, 0.3) is 11.8 Å². The minimum absolute atomic E-state index is 0.193. The van der Waals surface area contributed by atoms with E-state index in [1.54, 1.807) is 31.4 Å². The summed E-state index contributed by atoms with van der Waals surface area (Å²) in [6.45, 7) is 4.39. The maximum absolute atomic E-state index is 12.5. The van der Waals surface area contributed by atoms with E-state index in [1.807, 2.05) is 50.2 Å². The number of carbonyl (C=O) groups is 2. The number of benzene rings is 3. The van der Waals surface area contributed by atoms with E-state index in [4.69, 9.17) is 4.74 Å². The van der Waals surface area contributed by atoms with E-state index in [0.29, 0.717) is 17.7 Å². The third-order valence-corrected chi connectivity index (χ3v) is 4.50. The normalized spacial score (nSPS) is 10.3. The fraction of sp³-hybridized carbons (Fsp3) is 0.167. The summed E-state index contributed by atoms with van der Waals surface area (Å²) in [7, 11) is 1.61. The second-order valence-corrected chi connectivity index (χ2v) is 6.94. The van der Waals surface area contributed by atoms with Crippen molar-refractivity contribution < 1.29 is 14.3 Å². The standard InChI is InChI=1S/C24H24N2O3/c1-16-12-17(2)14-21(13-16)26-24(28)20-8-6-19(7-9-20)23(27)25-15-18-4-10-22(29-3)11-5-18/h4-14H,15H2,1-3H3,(H,25,27)(H,26,28). The van der Waals surface area contributed by atoms with E-state index < -0.39 is 0 Å². The summed E-state index contributed by atoms with van der Waals surface area (Å²) >= 11 is 0. The van der Waals surface area contributed by atoms with E-state index in [1.165, 1.54) is 0 Å². The van der Waals surface area contributed by atoms with Gasteiger partial charge in [-0.3, -0.25) is 9.59 Å². The molecule has 0 radical (unpaired) electrons. The minimum atomic E-state index is -0.208. The summed E-state index contributed by atoms with van der Waals surface area (Å²) in [5.74, 6) is 0.372. The summed E-state index contributed by atoms with van der Waals surface area (Å²) < 4.78 is 5.12. The zero-order chi connectivity index (χ0) is 20.8. The Labute approximate surface area is 170 Å². The smallest absolute Gasteiger partial charge is 0.255 e. The van der Waals surface area contributed by atoms with Crippen LogP contribution in [0.4, 0.5) is 5.69 Å². The molecular weight excluding hydrogens is 364 g/mol. The lowest BCUT2D eigenvalue weighted by atomic mass is 10.1. The van der Waals surface area contributed by atoms with Gasteiger partial charge in [-0.2, -0.15) is 0 Å². The Hall–Kier alpha value is -3.60. The van der Waals surface area contributed by atoms with Crippen LogP contribution >= 0.6 is 0 Å². The molecule has 0 unspecified atom stereocenters. The summed E-state index contributed by atoms with van der Waals surface area (Å²) in [4.78, 5) is 24.8. The molecule has 0 saturated carbocycles. The SMILES string of the molecule is COc1ccc(CNC(=O)c2ccc(C(=O)Nc3cc(C)cc(C)c3)cc2)cc1. The molecule has 0 aliphatic carbocycles. The lowest BCUT2D eigenvalue weighted by molar-refractivity contribution is 0.0949. The number of nitrogens with one attached hydrogen (secondary N) is 2. The van der Waals surface area contributed by atoms with Crippen molar-refractivity contribution in [3.05, 3.63) is 94.5 Å². The van der Waals surface area contributed by atoms with Crippen LogP contribution in [0.1, 0.15) is 37.4 Å². The molecule has 148 valence electrons. The van der Waals surface area contributed by atoms with Crippen LogP contribution in [-0.2, 0) is 6.54 Å². The Morgan fingerprint density at radius 1 is 0.793 bits per heavy atom. The minimum Gasteiger partial charge on any atom is -0.497 e. The van der Waals surface area contributed by atoms with Crippen LogP contribution in [0.3, 0.4) is 0 Å². The van der Waals surface area contributed by atoms with Gasteiger partial charge in [0.2, 0.25) is 0 Å². The van der Waals surface area contributed by atoms with E-state index in [-0.39, 0.29) is 11.8 Å². The van der Waals surface area contributed by atoms with Crippen LogP contribution < -0.4 is 15.4 Å². The van der Waals surface area contributed by atoms with Gasteiger partial charge < -0.3 is 15.4 Å². The molecular formula is C24H24N2O3. The van der Waals surface area contributed by atoms with Crippen molar-refractivity contribution in [1.82, 2.24) is 5.32 Å². The van der Waals surface area contributed by atoms with Crippen molar-refractivity contribution in [1.29, 1.82) is 0 Å². The first-order valence-corrected chi connectivity index (χ1v) is 9.35. The Kier molecular flexibility index (Phi) is 6.29. The van der Waals surface area contributed by atoms with Gasteiger partial charge in [-0.1, -0.05) is 18.2 Å². The van der Waals surface area contributed by atoms with Gasteiger partial charge in [0.15, 0.2) is 0 Å². The average molecular weight is 388 g/mol. The van der Waals surface area contributed by atoms with Gasteiger partial charge >= 0.3 is 0 Å². The van der Waals surface area contributed by atoms with E-state index >= 15 is 0 Å². The number of aryl methyl sites for hydroxylation is 2. The molecule has 29 heavy (non-hydrogen) atoms. The lowest BCUT2D eigenvalue weighted by Crippen LogP contribution is -2.23. The van der Waals surface area contributed by atoms with Crippen molar-refractivity contribution in [3.63, 3.8) is 0 Å². The average Bonchev–Trinajstić information content (AvgIpc) is 2.71. The third kappa shape index (κ3) is 5.45. The first-order chi connectivity index (χ1) is 13.9. The highest BCUT2D eigenvalue weighted by molar-refractivity contribution is 6.05. The molecule has 2 N–H and O–H groups in total. The molecule has 0 aliphatic heterocycles. The van der Waals surface area contributed by atoms with E-state index in [9.17, 15) is 9.59 Å². The summed E-state index contributed by atoms with van der Waals surface area (Å²) in [6.07, 6.45) is 0. The first kappa shape index (κ1) is 20.1. The Morgan fingerprint density at radius 2 is 1.34 bits per heavy atom. The fourth-order valence-corrected chi connectivity index (χ4v) is 3.05. The number of rotatable bonds is 6. The zero-order valence-corrected chi connectivity index (χ0v) is 16.8. The largest absolute Gasteiger partial charge is 0.497 e. The number of carbonyl (C=O) groups excluding carboxylic acids is 2. The molecule has 3 rings (SSSR count). The van der Waals surface area contributed by atoms with Crippen LogP contribution in [0.5, 0.6) is 5.75 Å². The molecule has 5 nitrogen and oxygen atoms in total. The number of hydrogen-bond donors (Lipinski definition) is 2. The van der Waals surface area contributed by atoms with Gasteiger partial charge in [0.05, 0.1) is 7.11 Å². The number of hydrogen-bond acceptors (Lipinski definition) is 3. The molecule has 0 aromatic heterocycles. The number of methoxy groups -OCH3 is 1. The van der Waals surface area contributed by atoms with Crippen molar-refractivity contribution in [3.8, 4) is 5.75 Å². The van der Waals surface area contributed by atoms with Crippen molar-refractivity contribution in [2.75, 3.05) is 12.4 Å². The van der Waals surface area contributed by atoms with Crippen LogP contribution in [-0.4, -0.2) is 18.9 Å². The van der Waals surface area contributed by atoms with Crippen LogP contribution in [0.2, 0.25) is 0 Å². The van der Waals surface area contributed by atoms with Crippen LogP contribution in [0, 0.1) is 13.8 Å². The third-order valence-electron chi connectivity index (χ3n) is 4.50. The predicted octanol–water partition coefficient (Wildman–Crippen LogP) is 4.49. The number of ether oxygens (including phenoxy) is 1. The maximum Gasteiger partial charge on any atom is 0.255 e.